The monoisotopic (exact) mass is 579 g/mol. The second-order valence-electron chi connectivity index (χ2n) is 11.6. The first-order chi connectivity index (χ1) is 19.5. The van der Waals surface area contributed by atoms with Crippen LogP contribution in [0.3, 0.4) is 0 Å². The fourth-order valence-electron chi connectivity index (χ4n) is 5.78. The lowest BCUT2D eigenvalue weighted by molar-refractivity contribution is 0.0612. The Balaban J connectivity index is 1.48. The minimum atomic E-state index is -3.46. The number of fused-ring (bicyclic) bond motifs is 2. The van der Waals surface area contributed by atoms with E-state index in [1.807, 2.05) is 28.4 Å². The molecule has 0 unspecified atom stereocenters. The van der Waals surface area contributed by atoms with Crippen molar-refractivity contribution in [1.82, 2.24) is 23.8 Å². The van der Waals surface area contributed by atoms with Gasteiger partial charge in [-0.1, -0.05) is 0 Å². The molecule has 2 atom stereocenters. The molecule has 4 aromatic heterocycles. The number of anilines is 1. The molecular weight excluding hydrogens is 542 g/mol. The number of imidazole rings is 1. The zero-order valence-corrected chi connectivity index (χ0v) is 25.0. The molecule has 4 aromatic rings. The summed E-state index contributed by atoms with van der Waals surface area (Å²) < 4.78 is 35.4. The maximum Gasteiger partial charge on any atom is 0.254 e. The summed E-state index contributed by atoms with van der Waals surface area (Å²) in [6.45, 7) is 5.33. The van der Waals surface area contributed by atoms with Crippen LogP contribution >= 0.6 is 0 Å². The quantitative estimate of drug-likeness (QED) is 0.355. The van der Waals surface area contributed by atoms with E-state index in [9.17, 15) is 13.2 Å². The van der Waals surface area contributed by atoms with Gasteiger partial charge in [-0.05, 0) is 69.7 Å². The number of rotatable bonds is 7. The highest BCUT2D eigenvalue weighted by Gasteiger charge is 2.30. The summed E-state index contributed by atoms with van der Waals surface area (Å²) in [4.78, 5) is 25.3. The molecule has 2 fully saturated rings. The Bertz CT molecular complexity index is 1770. The Morgan fingerprint density at radius 3 is 2.59 bits per heavy atom. The number of hydrogen-bond donors (Lipinski definition) is 1. The van der Waals surface area contributed by atoms with Crippen LogP contribution in [0.2, 0.25) is 0 Å². The van der Waals surface area contributed by atoms with Gasteiger partial charge < -0.3 is 19.9 Å². The first kappa shape index (κ1) is 27.5. The summed E-state index contributed by atoms with van der Waals surface area (Å²) in [5, 5.41) is 0.904. The lowest BCUT2D eigenvalue weighted by atomic mass is 9.99. The topological polar surface area (TPSA) is 128 Å². The number of nitrogens with two attached hydrogens (primary N) is 1. The summed E-state index contributed by atoms with van der Waals surface area (Å²) in [7, 11) is -0.356. The Labute approximate surface area is 240 Å². The molecule has 218 valence electrons. The number of hydrogen-bond acceptors (Lipinski definition) is 7. The molecule has 41 heavy (non-hydrogen) atoms. The van der Waals surface area contributed by atoms with E-state index in [-0.39, 0.29) is 18.0 Å². The highest BCUT2D eigenvalue weighted by atomic mass is 32.2. The predicted molar refractivity (Wildman–Crippen MR) is 159 cm³/mol. The van der Waals surface area contributed by atoms with Crippen molar-refractivity contribution in [3.05, 3.63) is 41.6 Å². The molecule has 1 saturated carbocycles. The van der Waals surface area contributed by atoms with Crippen molar-refractivity contribution >= 4 is 38.4 Å². The van der Waals surface area contributed by atoms with Gasteiger partial charge in [-0.25, -0.2) is 18.4 Å². The second-order valence-corrected chi connectivity index (χ2v) is 13.6. The zero-order chi connectivity index (χ0) is 29.2. The first-order valence-electron chi connectivity index (χ1n) is 14.0. The Morgan fingerprint density at radius 1 is 1.15 bits per heavy atom. The van der Waals surface area contributed by atoms with Gasteiger partial charge in [-0.2, -0.15) is 0 Å². The lowest BCUT2D eigenvalue weighted by Crippen LogP contribution is -2.50. The van der Waals surface area contributed by atoms with E-state index in [0.717, 1.165) is 60.3 Å². The average molecular weight is 580 g/mol. The zero-order valence-electron chi connectivity index (χ0n) is 24.2. The largest absolute Gasteiger partial charge is 0.482 e. The van der Waals surface area contributed by atoms with E-state index in [1.165, 1.54) is 17.6 Å². The number of carbonyl (C=O) groups is 1. The maximum absolute atomic E-state index is 13.6. The molecule has 0 spiro atoms. The molecule has 2 aliphatic rings. The maximum atomic E-state index is 13.6. The van der Waals surface area contributed by atoms with E-state index in [1.54, 1.807) is 19.2 Å². The van der Waals surface area contributed by atoms with Gasteiger partial charge in [0.2, 0.25) is 10.0 Å². The van der Waals surface area contributed by atoms with Gasteiger partial charge in [0.15, 0.2) is 5.88 Å². The van der Waals surface area contributed by atoms with E-state index in [2.05, 4.69) is 17.6 Å². The summed E-state index contributed by atoms with van der Waals surface area (Å²) in [5.74, 6) is 1.35. The summed E-state index contributed by atoms with van der Waals surface area (Å²) in [5.41, 5.74) is 10.6. The van der Waals surface area contributed by atoms with E-state index < -0.39 is 10.0 Å². The fraction of sp³-hybridized carbons (Fsp3) is 0.483. The third kappa shape index (κ3) is 4.93. The molecule has 0 aromatic carbocycles. The van der Waals surface area contributed by atoms with Crippen LogP contribution in [0.4, 0.5) is 5.82 Å². The summed E-state index contributed by atoms with van der Waals surface area (Å²) in [6.07, 6.45) is 5.24. The molecular formula is C29H37N7O4S. The second kappa shape index (κ2) is 10.0. The van der Waals surface area contributed by atoms with Crippen molar-refractivity contribution in [3.8, 4) is 17.3 Å². The summed E-state index contributed by atoms with van der Waals surface area (Å²) >= 11 is 0. The van der Waals surface area contributed by atoms with E-state index in [0.29, 0.717) is 35.4 Å². The van der Waals surface area contributed by atoms with Crippen LogP contribution in [-0.2, 0) is 16.6 Å². The number of ether oxygens (including phenoxy) is 1. The molecule has 1 saturated heterocycles. The third-order valence-electron chi connectivity index (χ3n) is 8.48. The van der Waals surface area contributed by atoms with Gasteiger partial charge in [-0.3, -0.25) is 13.5 Å². The number of nitrogens with zero attached hydrogens (tertiary/aromatic N) is 6. The number of methoxy groups -OCH3 is 1. The minimum Gasteiger partial charge on any atom is -0.482 e. The van der Waals surface area contributed by atoms with Crippen molar-refractivity contribution in [2.24, 2.45) is 11.7 Å². The van der Waals surface area contributed by atoms with Crippen molar-refractivity contribution in [2.45, 2.75) is 58.2 Å². The summed E-state index contributed by atoms with van der Waals surface area (Å²) in [6, 6.07) is 9.35. The van der Waals surface area contributed by atoms with Crippen molar-refractivity contribution in [3.63, 3.8) is 0 Å². The molecule has 11 nitrogen and oxygen atoms in total. The van der Waals surface area contributed by atoms with Gasteiger partial charge in [-0.15, -0.1) is 0 Å². The highest BCUT2D eigenvalue weighted by molar-refractivity contribution is 7.92. The smallest absolute Gasteiger partial charge is 0.254 e. The number of likely N-dealkylation sites (tertiary alicyclic amines) is 1. The van der Waals surface area contributed by atoms with Crippen molar-refractivity contribution < 1.29 is 17.9 Å². The number of carbonyl (C=O) groups excluding carboxylic acids is 1. The van der Waals surface area contributed by atoms with Crippen molar-refractivity contribution in [1.29, 1.82) is 0 Å². The Hall–Kier alpha value is -3.64. The van der Waals surface area contributed by atoms with Gasteiger partial charge in [0, 0.05) is 49.2 Å². The normalized spacial score (nSPS) is 19.7. The van der Waals surface area contributed by atoms with Crippen molar-refractivity contribution in [2.75, 3.05) is 31.3 Å². The van der Waals surface area contributed by atoms with Crippen LogP contribution in [0.1, 0.15) is 48.7 Å². The molecule has 6 rings (SSSR count). The number of aryl methyl sites for hydroxylation is 1. The van der Waals surface area contributed by atoms with Crippen LogP contribution in [-0.4, -0.2) is 77.2 Å². The molecule has 2 N–H and O–H groups in total. The third-order valence-corrected chi connectivity index (χ3v) is 9.66. The highest BCUT2D eigenvalue weighted by Crippen LogP contribution is 2.37. The van der Waals surface area contributed by atoms with Crippen LogP contribution in [0, 0.1) is 12.8 Å². The predicted octanol–water partition coefficient (Wildman–Crippen LogP) is 3.43. The number of pyridine rings is 2. The molecule has 1 amide bonds. The van der Waals surface area contributed by atoms with E-state index >= 15 is 0 Å². The Morgan fingerprint density at radius 2 is 1.90 bits per heavy atom. The minimum absolute atomic E-state index is 0.0271. The molecule has 0 bridgehead atoms. The number of amides is 1. The number of aromatic nitrogens is 4. The van der Waals surface area contributed by atoms with Gasteiger partial charge >= 0.3 is 0 Å². The fourth-order valence-corrected chi connectivity index (χ4v) is 6.22. The number of piperidine rings is 1. The first-order valence-corrected chi connectivity index (χ1v) is 15.9. The van der Waals surface area contributed by atoms with E-state index in [4.69, 9.17) is 20.4 Å². The van der Waals surface area contributed by atoms with Crippen LogP contribution in [0.5, 0.6) is 5.88 Å². The van der Waals surface area contributed by atoms with Crippen LogP contribution in [0.25, 0.3) is 28.1 Å². The lowest BCUT2D eigenvalue weighted by Gasteiger charge is -2.36. The molecule has 1 aliphatic heterocycles. The van der Waals surface area contributed by atoms with Crippen LogP contribution < -0.4 is 14.8 Å². The average Bonchev–Trinajstić information content (AvgIpc) is 3.61. The molecule has 5 heterocycles. The van der Waals surface area contributed by atoms with Crippen LogP contribution in [0.15, 0.2) is 30.3 Å². The van der Waals surface area contributed by atoms with Gasteiger partial charge in [0.05, 0.1) is 24.8 Å². The number of sulfonamides is 1. The molecule has 1 aliphatic carbocycles. The molecule has 0 radical (unpaired) electrons. The molecule has 12 heteroatoms. The van der Waals surface area contributed by atoms with Gasteiger partial charge in [0.25, 0.3) is 5.91 Å². The Kier molecular flexibility index (Phi) is 6.73. The SMILES string of the molecule is COc1cc(C(=O)N2C[C@H](N)CC[C@@H]2C)cc2nc(-c3cc4ccc(N(C)S(C)(=O)=O)nc4n3CC3CC3)c(C)n12. The standard InChI is InChI=1S/C29H37N7O4S/c1-17-6-10-22(30)16-34(17)29(37)21-13-25-31-27(18(2)36(25)26(14-21)40-4)23-12-20-9-11-24(33(3)41(5,38)39)32-28(20)35(23)15-19-7-8-19/h9,11-14,17,19,22H,6-8,10,15-16,30H2,1-5H3/t17-,22+/m0/s1. The van der Waals surface area contributed by atoms with Gasteiger partial charge in [0.1, 0.15) is 22.8 Å².